The molecule has 0 aromatic rings. The molecule has 0 bridgehead atoms. The van der Waals surface area contributed by atoms with Crippen LogP contribution in [0.1, 0.15) is 26.2 Å². The van der Waals surface area contributed by atoms with Gasteiger partial charge in [-0.2, -0.15) is 0 Å². The Bertz CT molecular complexity index is 237. The average molecular weight is 228 g/mol. The first-order valence-electron chi connectivity index (χ1n) is 5.88. The summed E-state index contributed by atoms with van der Waals surface area (Å²) < 4.78 is 4.77. The summed E-state index contributed by atoms with van der Waals surface area (Å²) in [7, 11) is 0. The van der Waals surface area contributed by atoms with Crippen LogP contribution in [0.2, 0.25) is 0 Å². The molecule has 1 aliphatic rings. The van der Waals surface area contributed by atoms with E-state index in [0.717, 1.165) is 25.9 Å². The second-order valence-electron chi connectivity index (χ2n) is 3.87. The molecule has 1 fully saturated rings. The highest BCUT2D eigenvalue weighted by atomic mass is 16.5. The molecule has 1 amide bonds. The highest BCUT2D eigenvalue weighted by Crippen LogP contribution is 2.11. The van der Waals surface area contributed by atoms with Gasteiger partial charge in [0.15, 0.2) is 0 Å². The Morgan fingerprint density at radius 2 is 2.06 bits per heavy atom. The minimum Gasteiger partial charge on any atom is -0.466 e. The lowest BCUT2D eigenvalue weighted by molar-refractivity contribution is -0.143. The van der Waals surface area contributed by atoms with Gasteiger partial charge in [0.05, 0.1) is 13.0 Å². The van der Waals surface area contributed by atoms with Crippen molar-refractivity contribution >= 4 is 11.9 Å². The van der Waals surface area contributed by atoms with Crippen LogP contribution in [0.3, 0.4) is 0 Å². The molecule has 1 rings (SSSR count). The highest BCUT2D eigenvalue weighted by molar-refractivity contribution is 5.79. The standard InChI is InChI=1S/C11H20N2O3/c1-2-16-10(14)5-8-13-11(15)9-3-6-12-7-4-9/h9,12H,2-8H2,1H3,(H,13,15). The summed E-state index contributed by atoms with van der Waals surface area (Å²) in [5.74, 6) is -0.0950. The number of esters is 1. The van der Waals surface area contributed by atoms with Crippen LogP contribution in [0, 0.1) is 5.92 Å². The lowest BCUT2D eigenvalue weighted by Crippen LogP contribution is -2.38. The maximum Gasteiger partial charge on any atom is 0.307 e. The molecule has 16 heavy (non-hydrogen) atoms. The van der Waals surface area contributed by atoms with Crippen LogP contribution in [0.4, 0.5) is 0 Å². The Morgan fingerprint density at radius 3 is 2.69 bits per heavy atom. The molecule has 0 spiro atoms. The molecule has 0 aliphatic carbocycles. The molecular formula is C11H20N2O3. The van der Waals surface area contributed by atoms with Gasteiger partial charge in [0.1, 0.15) is 0 Å². The van der Waals surface area contributed by atoms with Crippen LogP contribution >= 0.6 is 0 Å². The van der Waals surface area contributed by atoms with Crippen molar-refractivity contribution in [1.29, 1.82) is 0 Å². The molecule has 0 radical (unpaired) electrons. The summed E-state index contributed by atoms with van der Waals surface area (Å²) in [6.07, 6.45) is 2.01. The number of rotatable bonds is 5. The Balaban J connectivity index is 2.12. The second kappa shape index (κ2) is 7.22. The zero-order valence-electron chi connectivity index (χ0n) is 9.75. The van der Waals surface area contributed by atoms with E-state index in [2.05, 4.69) is 10.6 Å². The fraction of sp³-hybridized carbons (Fsp3) is 0.818. The van der Waals surface area contributed by atoms with E-state index in [4.69, 9.17) is 4.74 Å². The fourth-order valence-electron chi connectivity index (χ4n) is 1.75. The number of hydrogen-bond donors (Lipinski definition) is 2. The predicted molar refractivity (Wildman–Crippen MR) is 59.9 cm³/mol. The number of amides is 1. The first-order valence-corrected chi connectivity index (χ1v) is 5.88. The first-order chi connectivity index (χ1) is 7.74. The summed E-state index contributed by atoms with van der Waals surface area (Å²) in [5.41, 5.74) is 0. The molecule has 0 saturated carbocycles. The average Bonchev–Trinajstić information content (AvgIpc) is 2.30. The third kappa shape index (κ3) is 4.61. The molecule has 0 aromatic heterocycles. The highest BCUT2D eigenvalue weighted by Gasteiger charge is 2.20. The molecule has 1 aliphatic heterocycles. The Kier molecular flexibility index (Phi) is 5.85. The fourth-order valence-corrected chi connectivity index (χ4v) is 1.75. The lowest BCUT2D eigenvalue weighted by Gasteiger charge is -2.21. The van der Waals surface area contributed by atoms with Crippen molar-refractivity contribution in [2.24, 2.45) is 5.92 Å². The van der Waals surface area contributed by atoms with Crippen molar-refractivity contribution in [3.8, 4) is 0 Å². The van der Waals surface area contributed by atoms with E-state index in [0.29, 0.717) is 13.2 Å². The molecule has 1 saturated heterocycles. The Morgan fingerprint density at radius 1 is 1.38 bits per heavy atom. The van der Waals surface area contributed by atoms with Gasteiger partial charge < -0.3 is 15.4 Å². The molecule has 5 nitrogen and oxygen atoms in total. The Labute approximate surface area is 95.9 Å². The van der Waals surface area contributed by atoms with Gasteiger partial charge in [-0.3, -0.25) is 9.59 Å². The van der Waals surface area contributed by atoms with Crippen molar-refractivity contribution in [1.82, 2.24) is 10.6 Å². The second-order valence-corrected chi connectivity index (χ2v) is 3.87. The van der Waals surface area contributed by atoms with E-state index in [1.54, 1.807) is 6.92 Å². The Hall–Kier alpha value is -1.10. The summed E-state index contributed by atoms with van der Waals surface area (Å²) in [5, 5.41) is 5.98. The van der Waals surface area contributed by atoms with Crippen molar-refractivity contribution < 1.29 is 14.3 Å². The van der Waals surface area contributed by atoms with Crippen molar-refractivity contribution in [2.45, 2.75) is 26.2 Å². The molecule has 92 valence electrons. The summed E-state index contributed by atoms with van der Waals surface area (Å²) in [4.78, 5) is 22.7. The van der Waals surface area contributed by atoms with Gasteiger partial charge in [-0.15, -0.1) is 0 Å². The van der Waals surface area contributed by atoms with E-state index in [-0.39, 0.29) is 24.2 Å². The molecular weight excluding hydrogens is 208 g/mol. The number of piperidine rings is 1. The van der Waals surface area contributed by atoms with Gasteiger partial charge in [0, 0.05) is 12.5 Å². The maximum absolute atomic E-state index is 11.6. The first kappa shape index (κ1) is 13.0. The van der Waals surface area contributed by atoms with Gasteiger partial charge in [0.25, 0.3) is 0 Å². The minimum absolute atomic E-state index is 0.0609. The van der Waals surface area contributed by atoms with E-state index < -0.39 is 0 Å². The van der Waals surface area contributed by atoms with Gasteiger partial charge in [-0.25, -0.2) is 0 Å². The quantitative estimate of drug-likeness (QED) is 0.653. The molecule has 5 heteroatoms. The van der Waals surface area contributed by atoms with Crippen LogP contribution in [0.25, 0.3) is 0 Å². The van der Waals surface area contributed by atoms with E-state index in [9.17, 15) is 9.59 Å². The normalized spacial score (nSPS) is 16.8. The van der Waals surface area contributed by atoms with Crippen molar-refractivity contribution in [3.05, 3.63) is 0 Å². The molecule has 0 unspecified atom stereocenters. The van der Waals surface area contributed by atoms with Gasteiger partial charge in [0.2, 0.25) is 5.91 Å². The van der Waals surface area contributed by atoms with E-state index in [1.165, 1.54) is 0 Å². The molecule has 1 heterocycles. The number of nitrogens with one attached hydrogen (secondary N) is 2. The molecule has 0 aromatic carbocycles. The number of ether oxygens (including phenoxy) is 1. The van der Waals surface area contributed by atoms with Gasteiger partial charge in [-0.1, -0.05) is 0 Å². The largest absolute Gasteiger partial charge is 0.466 e. The predicted octanol–water partition coefficient (Wildman–Crippen LogP) is 0.0554. The molecule has 0 atom stereocenters. The van der Waals surface area contributed by atoms with Gasteiger partial charge in [-0.05, 0) is 32.9 Å². The van der Waals surface area contributed by atoms with Crippen molar-refractivity contribution in [3.63, 3.8) is 0 Å². The number of carbonyl (C=O) groups is 2. The molecule has 2 N–H and O–H groups in total. The van der Waals surface area contributed by atoms with Crippen LogP contribution in [0.5, 0.6) is 0 Å². The van der Waals surface area contributed by atoms with Crippen LogP contribution in [-0.4, -0.2) is 38.1 Å². The maximum atomic E-state index is 11.6. The zero-order chi connectivity index (χ0) is 11.8. The number of carbonyl (C=O) groups excluding carboxylic acids is 2. The summed E-state index contributed by atoms with van der Waals surface area (Å²) in [6.45, 7) is 4.33. The summed E-state index contributed by atoms with van der Waals surface area (Å²) >= 11 is 0. The van der Waals surface area contributed by atoms with Crippen LogP contribution in [0.15, 0.2) is 0 Å². The monoisotopic (exact) mass is 228 g/mol. The van der Waals surface area contributed by atoms with Gasteiger partial charge >= 0.3 is 5.97 Å². The smallest absolute Gasteiger partial charge is 0.307 e. The topological polar surface area (TPSA) is 67.4 Å². The third-order valence-electron chi connectivity index (χ3n) is 2.64. The summed E-state index contributed by atoms with van der Waals surface area (Å²) in [6, 6.07) is 0. The lowest BCUT2D eigenvalue weighted by atomic mass is 9.97. The van der Waals surface area contributed by atoms with E-state index >= 15 is 0 Å². The van der Waals surface area contributed by atoms with Crippen molar-refractivity contribution in [2.75, 3.05) is 26.2 Å². The minimum atomic E-state index is -0.256. The SMILES string of the molecule is CCOC(=O)CCNC(=O)C1CCNCC1. The van der Waals surface area contributed by atoms with Crippen LogP contribution in [-0.2, 0) is 14.3 Å². The number of hydrogen-bond acceptors (Lipinski definition) is 4. The third-order valence-corrected chi connectivity index (χ3v) is 2.64. The van der Waals surface area contributed by atoms with E-state index in [1.807, 2.05) is 0 Å². The van der Waals surface area contributed by atoms with Crippen LogP contribution < -0.4 is 10.6 Å². The zero-order valence-corrected chi connectivity index (χ0v) is 9.75.